The van der Waals surface area contributed by atoms with Crippen molar-refractivity contribution in [3.05, 3.63) is 48.5 Å². The molecule has 0 amide bonds. The van der Waals surface area contributed by atoms with Crippen LogP contribution in [0.15, 0.2) is 53.5 Å². The van der Waals surface area contributed by atoms with Gasteiger partial charge in [-0.2, -0.15) is 0 Å². The Morgan fingerprint density at radius 2 is 1.90 bits per heavy atom. The summed E-state index contributed by atoms with van der Waals surface area (Å²) in [6.07, 6.45) is 0. The highest BCUT2D eigenvalue weighted by Crippen LogP contribution is 2.33. The number of nitrogens with two attached hydrogens (primary N) is 1. The zero-order chi connectivity index (χ0) is 14.4. The summed E-state index contributed by atoms with van der Waals surface area (Å²) in [6, 6.07) is 16.0. The lowest BCUT2D eigenvalue weighted by atomic mass is 10.0. The molecule has 0 heterocycles. The van der Waals surface area contributed by atoms with Crippen LogP contribution in [0.1, 0.15) is 6.92 Å². The number of nitrogens with zero attached hydrogens (tertiary/aromatic N) is 1. The van der Waals surface area contributed by atoms with Gasteiger partial charge in [0.2, 0.25) is 0 Å². The predicted octanol–water partition coefficient (Wildman–Crippen LogP) is 3.98. The number of amidine groups is 1. The Bertz CT molecular complexity index is 597. The molecule has 0 aliphatic rings. The molecule has 4 heteroatoms. The first-order chi connectivity index (χ1) is 9.74. The molecule has 3 nitrogen and oxygen atoms in total. The second kappa shape index (κ2) is 6.96. The van der Waals surface area contributed by atoms with Gasteiger partial charge in [-0.15, -0.1) is 11.6 Å². The van der Waals surface area contributed by atoms with Gasteiger partial charge in [0.25, 0.3) is 0 Å². The molecule has 0 saturated heterocycles. The first-order valence-corrected chi connectivity index (χ1v) is 6.99. The van der Waals surface area contributed by atoms with Crippen molar-refractivity contribution in [3.8, 4) is 16.9 Å². The van der Waals surface area contributed by atoms with E-state index in [0.29, 0.717) is 23.9 Å². The average Bonchev–Trinajstić information content (AvgIpc) is 2.50. The number of aliphatic imine (C=N–C) groups is 1. The van der Waals surface area contributed by atoms with Crippen LogP contribution in [0, 0.1) is 0 Å². The van der Waals surface area contributed by atoms with E-state index in [1.165, 1.54) is 0 Å². The first-order valence-electron chi connectivity index (χ1n) is 6.46. The number of ether oxygens (including phenoxy) is 1. The summed E-state index contributed by atoms with van der Waals surface area (Å²) >= 11 is 5.69. The van der Waals surface area contributed by atoms with E-state index in [9.17, 15) is 0 Å². The van der Waals surface area contributed by atoms with Gasteiger partial charge in [0.1, 0.15) is 17.3 Å². The maximum Gasteiger partial charge on any atom is 0.144 e. The molecular formula is C16H17ClN2O. The lowest BCUT2D eigenvalue weighted by molar-refractivity contribution is 0.341. The first kappa shape index (κ1) is 14.4. The quantitative estimate of drug-likeness (QED) is 0.514. The molecule has 0 aliphatic carbocycles. The lowest BCUT2D eigenvalue weighted by Gasteiger charge is -2.10. The molecule has 0 radical (unpaired) electrons. The van der Waals surface area contributed by atoms with Gasteiger partial charge in [-0.1, -0.05) is 36.4 Å². The van der Waals surface area contributed by atoms with E-state index in [-0.39, 0.29) is 5.88 Å². The third-order valence-corrected chi connectivity index (χ3v) is 3.04. The average molecular weight is 289 g/mol. The van der Waals surface area contributed by atoms with Gasteiger partial charge >= 0.3 is 0 Å². The molecular weight excluding hydrogens is 272 g/mol. The molecule has 2 rings (SSSR count). The van der Waals surface area contributed by atoms with Crippen molar-refractivity contribution in [1.29, 1.82) is 0 Å². The molecule has 2 N–H and O–H groups in total. The third kappa shape index (κ3) is 3.52. The minimum atomic E-state index is 0.196. The molecule has 0 aliphatic heterocycles. The van der Waals surface area contributed by atoms with Crippen molar-refractivity contribution in [1.82, 2.24) is 0 Å². The second-order valence-corrected chi connectivity index (χ2v) is 4.49. The second-order valence-electron chi connectivity index (χ2n) is 4.22. The fourth-order valence-corrected chi connectivity index (χ4v) is 1.94. The fourth-order valence-electron chi connectivity index (χ4n) is 1.88. The SMILES string of the molecule is CCOc1ccc(-c2ccccc2)cc1N=C(N)CCl. The Balaban J connectivity index is 2.45. The third-order valence-electron chi connectivity index (χ3n) is 2.77. The van der Waals surface area contributed by atoms with Crippen molar-refractivity contribution in [2.75, 3.05) is 12.5 Å². The van der Waals surface area contributed by atoms with E-state index in [1.54, 1.807) is 0 Å². The van der Waals surface area contributed by atoms with Crippen LogP contribution in [0.5, 0.6) is 5.75 Å². The van der Waals surface area contributed by atoms with Crippen LogP contribution in [-0.4, -0.2) is 18.3 Å². The topological polar surface area (TPSA) is 47.6 Å². The standard InChI is InChI=1S/C16H17ClN2O/c1-2-20-15-9-8-13(12-6-4-3-5-7-12)10-14(15)19-16(18)11-17/h3-10H,2,11H2,1H3,(H2,18,19). The molecule has 0 atom stereocenters. The Labute approximate surface area is 124 Å². The Hall–Kier alpha value is -2.00. The maximum absolute atomic E-state index is 5.72. The Morgan fingerprint density at radius 1 is 1.15 bits per heavy atom. The van der Waals surface area contributed by atoms with Gasteiger partial charge in [0.15, 0.2) is 0 Å². The number of alkyl halides is 1. The largest absolute Gasteiger partial charge is 0.492 e. The van der Waals surface area contributed by atoms with Crippen molar-refractivity contribution >= 4 is 23.1 Å². The van der Waals surface area contributed by atoms with Crippen LogP contribution < -0.4 is 10.5 Å². The van der Waals surface area contributed by atoms with Crippen LogP contribution in [0.4, 0.5) is 5.69 Å². The number of halogens is 1. The smallest absolute Gasteiger partial charge is 0.144 e. The van der Waals surface area contributed by atoms with Crippen LogP contribution in [-0.2, 0) is 0 Å². The number of hydrogen-bond acceptors (Lipinski definition) is 2. The highest BCUT2D eigenvalue weighted by molar-refractivity contribution is 6.28. The number of benzene rings is 2. The summed E-state index contributed by atoms with van der Waals surface area (Å²) in [7, 11) is 0. The molecule has 0 saturated carbocycles. The van der Waals surface area contributed by atoms with Crippen LogP contribution in [0.2, 0.25) is 0 Å². The molecule has 0 aromatic heterocycles. The summed E-state index contributed by atoms with van der Waals surface area (Å²) in [5.74, 6) is 1.28. The van der Waals surface area contributed by atoms with Crippen molar-refractivity contribution in [2.24, 2.45) is 10.7 Å². The molecule has 0 spiro atoms. The molecule has 104 valence electrons. The highest BCUT2D eigenvalue weighted by Gasteiger charge is 2.06. The maximum atomic E-state index is 5.72. The Morgan fingerprint density at radius 3 is 2.55 bits per heavy atom. The van der Waals surface area contributed by atoms with Crippen LogP contribution in [0.25, 0.3) is 11.1 Å². The van der Waals surface area contributed by atoms with E-state index in [4.69, 9.17) is 22.1 Å². The molecule has 2 aromatic rings. The zero-order valence-corrected chi connectivity index (χ0v) is 12.1. The predicted molar refractivity (Wildman–Crippen MR) is 85.0 cm³/mol. The van der Waals surface area contributed by atoms with Crippen molar-refractivity contribution in [3.63, 3.8) is 0 Å². The van der Waals surface area contributed by atoms with Gasteiger partial charge < -0.3 is 10.5 Å². The normalized spacial score (nSPS) is 11.4. The zero-order valence-electron chi connectivity index (χ0n) is 11.3. The summed E-state index contributed by atoms with van der Waals surface area (Å²) < 4.78 is 5.57. The van der Waals surface area contributed by atoms with Gasteiger partial charge in [0.05, 0.1) is 12.5 Å². The summed E-state index contributed by atoms with van der Waals surface area (Å²) in [4.78, 5) is 4.32. The number of hydrogen-bond donors (Lipinski definition) is 1. The minimum Gasteiger partial charge on any atom is -0.492 e. The van der Waals surface area contributed by atoms with Crippen LogP contribution >= 0.6 is 11.6 Å². The minimum absolute atomic E-state index is 0.196. The Kier molecular flexibility index (Phi) is 5.02. The molecule has 20 heavy (non-hydrogen) atoms. The summed E-state index contributed by atoms with van der Waals surface area (Å²) in [6.45, 7) is 2.51. The van der Waals surface area contributed by atoms with E-state index in [2.05, 4.69) is 4.99 Å². The highest BCUT2D eigenvalue weighted by atomic mass is 35.5. The summed E-state index contributed by atoms with van der Waals surface area (Å²) in [5, 5.41) is 0. The number of rotatable bonds is 5. The molecule has 2 aromatic carbocycles. The monoisotopic (exact) mass is 288 g/mol. The van der Waals surface area contributed by atoms with Gasteiger partial charge in [0, 0.05) is 0 Å². The van der Waals surface area contributed by atoms with E-state index >= 15 is 0 Å². The van der Waals surface area contributed by atoms with Gasteiger partial charge in [-0.3, -0.25) is 0 Å². The van der Waals surface area contributed by atoms with Crippen molar-refractivity contribution < 1.29 is 4.74 Å². The van der Waals surface area contributed by atoms with E-state index in [1.807, 2.05) is 55.5 Å². The van der Waals surface area contributed by atoms with Crippen molar-refractivity contribution in [2.45, 2.75) is 6.92 Å². The van der Waals surface area contributed by atoms with Gasteiger partial charge in [-0.25, -0.2) is 4.99 Å². The van der Waals surface area contributed by atoms with Crippen LogP contribution in [0.3, 0.4) is 0 Å². The molecule has 0 unspecified atom stereocenters. The van der Waals surface area contributed by atoms with E-state index < -0.39 is 0 Å². The summed E-state index contributed by atoms with van der Waals surface area (Å²) in [5.41, 5.74) is 8.61. The molecule has 0 bridgehead atoms. The van der Waals surface area contributed by atoms with Gasteiger partial charge in [-0.05, 0) is 30.2 Å². The fraction of sp³-hybridized carbons (Fsp3) is 0.188. The van der Waals surface area contributed by atoms with E-state index in [0.717, 1.165) is 11.1 Å². The molecule has 0 fully saturated rings. The lowest BCUT2D eigenvalue weighted by Crippen LogP contribution is -2.12.